The van der Waals surface area contributed by atoms with Crippen molar-refractivity contribution in [2.24, 2.45) is 0 Å². The van der Waals surface area contributed by atoms with Gasteiger partial charge in [0.05, 0.1) is 0 Å². The van der Waals surface area contributed by atoms with Crippen LogP contribution in [0.3, 0.4) is 0 Å². The molecule has 1 aromatic carbocycles. The molecule has 2 unspecified atom stereocenters. The SMILES string of the molecule is c1ccc2c(c1)C1CCNCC2C1. The molecule has 2 atom stereocenters. The fourth-order valence-corrected chi connectivity index (χ4v) is 2.87. The zero-order chi connectivity index (χ0) is 8.67. The van der Waals surface area contributed by atoms with Crippen LogP contribution >= 0.6 is 0 Å². The summed E-state index contributed by atoms with van der Waals surface area (Å²) in [6.45, 7) is 2.39. The predicted molar refractivity (Wildman–Crippen MR) is 54.0 cm³/mol. The van der Waals surface area contributed by atoms with Crippen molar-refractivity contribution < 1.29 is 0 Å². The van der Waals surface area contributed by atoms with Gasteiger partial charge in [-0.05, 0) is 42.3 Å². The van der Waals surface area contributed by atoms with E-state index >= 15 is 0 Å². The first-order valence-electron chi connectivity index (χ1n) is 5.24. The number of nitrogens with one attached hydrogen (secondary N) is 1. The summed E-state index contributed by atoms with van der Waals surface area (Å²) in [6.07, 6.45) is 2.71. The summed E-state index contributed by atoms with van der Waals surface area (Å²) in [7, 11) is 0. The molecule has 1 aliphatic carbocycles. The maximum Gasteiger partial charge on any atom is 0.00204 e. The molecule has 0 spiro atoms. The standard InChI is InChI=1S/C12H15N/c1-2-4-12-10-7-9(11(12)3-1)5-6-13-8-10/h1-4,9-10,13H,5-8H2. The van der Waals surface area contributed by atoms with Crippen LogP contribution in [0.4, 0.5) is 0 Å². The Bertz CT molecular complexity index is 288. The van der Waals surface area contributed by atoms with Gasteiger partial charge in [-0.15, -0.1) is 0 Å². The molecule has 68 valence electrons. The molecular weight excluding hydrogens is 158 g/mol. The Morgan fingerprint density at radius 1 is 1.08 bits per heavy atom. The zero-order valence-electron chi connectivity index (χ0n) is 7.79. The summed E-state index contributed by atoms with van der Waals surface area (Å²) in [6, 6.07) is 9.00. The first kappa shape index (κ1) is 7.57. The van der Waals surface area contributed by atoms with Crippen molar-refractivity contribution in [3.8, 4) is 0 Å². The van der Waals surface area contributed by atoms with Crippen LogP contribution in [0.5, 0.6) is 0 Å². The Morgan fingerprint density at radius 2 is 1.85 bits per heavy atom. The molecule has 13 heavy (non-hydrogen) atoms. The van der Waals surface area contributed by atoms with Gasteiger partial charge < -0.3 is 5.32 Å². The van der Waals surface area contributed by atoms with Gasteiger partial charge in [0, 0.05) is 6.54 Å². The largest absolute Gasteiger partial charge is 0.316 e. The molecule has 1 N–H and O–H groups in total. The summed E-state index contributed by atoms with van der Waals surface area (Å²) in [5.41, 5.74) is 3.24. The highest BCUT2D eigenvalue weighted by Crippen LogP contribution is 2.43. The second kappa shape index (κ2) is 2.85. The Morgan fingerprint density at radius 3 is 2.69 bits per heavy atom. The molecule has 1 saturated heterocycles. The van der Waals surface area contributed by atoms with E-state index < -0.39 is 0 Å². The number of fused-ring (bicyclic) bond motifs is 5. The van der Waals surface area contributed by atoms with Crippen molar-refractivity contribution >= 4 is 0 Å². The molecule has 0 saturated carbocycles. The molecule has 2 bridgehead atoms. The Labute approximate surface area is 79.2 Å². The molecule has 1 heteroatoms. The molecule has 3 rings (SSSR count). The molecule has 1 aliphatic heterocycles. The predicted octanol–water partition coefficient (Wildman–Crippen LogP) is 2.25. The lowest BCUT2D eigenvalue weighted by Crippen LogP contribution is -2.20. The minimum Gasteiger partial charge on any atom is -0.316 e. The van der Waals surface area contributed by atoms with Gasteiger partial charge in [0.1, 0.15) is 0 Å². The highest BCUT2D eigenvalue weighted by molar-refractivity contribution is 5.39. The van der Waals surface area contributed by atoms with E-state index in [0.29, 0.717) is 0 Å². The van der Waals surface area contributed by atoms with Crippen molar-refractivity contribution in [3.63, 3.8) is 0 Å². The minimum atomic E-state index is 0.795. The molecular formula is C12H15N. The fourth-order valence-electron chi connectivity index (χ4n) is 2.87. The van der Waals surface area contributed by atoms with E-state index in [-0.39, 0.29) is 0 Å². The lowest BCUT2D eigenvalue weighted by Gasteiger charge is -2.13. The van der Waals surface area contributed by atoms with Gasteiger partial charge in [-0.3, -0.25) is 0 Å². The van der Waals surface area contributed by atoms with Gasteiger partial charge in [-0.2, -0.15) is 0 Å². The third-order valence-electron chi connectivity index (χ3n) is 3.51. The highest BCUT2D eigenvalue weighted by Gasteiger charge is 2.31. The van der Waals surface area contributed by atoms with Crippen LogP contribution in [-0.2, 0) is 0 Å². The number of rotatable bonds is 0. The number of hydrogen-bond acceptors (Lipinski definition) is 1. The lowest BCUT2D eigenvalue weighted by molar-refractivity contribution is 0.621. The van der Waals surface area contributed by atoms with Crippen LogP contribution in [-0.4, -0.2) is 13.1 Å². The Balaban J connectivity index is 2.09. The fraction of sp³-hybridized carbons (Fsp3) is 0.500. The first-order valence-corrected chi connectivity index (χ1v) is 5.24. The molecule has 1 nitrogen and oxygen atoms in total. The maximum absolute atomic E-state index is 3.52. The summed E-state index contributed by atoms with van der Waals surface area (Å²) < 4.78 is 0. The van der Waals surface area contributed by atoms with Gasteiger partial charge in [-0.25, -0.2) is 0 Å². The first-order chi connectivity index (χ1) is 6.45. The quantitative estimate of drug-likeness (QED) is 0.634. The molecule has 1 heterocycles. The van der Waals surface area contributed by atoms with Crippen molar-refractivity contribution in [1.82, 2.24) is 5.32 Å². The van der Waals surface area contributed by atoms with E-state index in [4.69, 9.17) is 0 Å². The van der Waals surface area contributed by atoms with E-state index in [9.17, 15) is 0 Å². The van der Waals surface area contributed by atoms with Crippen LogP contribution < -0.4 is 5.32 Å². The number of benzene rings is 1. The normalized spacial score (nSPS) is 31.1. The maximum atomic E-state index is 3.52. The van der Waals surface area contributed by atoms with Crippen LogP contribution in [0.25, 0.3) is 0 Å². The lowest BCUT2D eigenvalue weighted by atomic mass is 9.98. The van der Waals surface area contributed by atoms with Crippen LogP contribution in [0.1, 0.15) is 35.8 Å². The van der Waals surface area contributed by atoms with Gasteiger partial charge in [-0.1, -0.05) is 24.3 Å². The molecule has 0 amide bonds. The highest BCUT2D eigenvalue weighted by atomic mass is 14.9. The van der Waals surface area contributed by atoms with E-state index in [0.717, 1.165) is 11.8 Å². The summed E-state index contributed by atoms with van der Waals surface area (Å²) in [5.74, 6) is 1.64. The Hall–Kier alpha value is -0.820. The topological polar surface area (TPSA) is 12.0 Å². The summed E-state index contributed by atoms with van der Waals surface area (Å²) >= 11 is 0. The molecule has 1 fully saturated rings. The van der Waals surface area contributed by atoms with Crippen molar-refractivity contribution in [1.29, 1.82) is 0 Å². The third-order valence-corrected chi connectivity index (χ3v) is 3.51. The van der Waals surface area contributed by atoms with Gasteiger partial charge in [0.15, 0.2) is 0 Å². The molecule has 0 aromatic heterocycles. The van der Waals surface area contributed by atoms with E-state index in [1.807, 2.05) is 0 Å². The average molecular weight is 173 g/mol. The van der Waals surface area contributed by atoms with Crippen molar-refractivity contribution in [2.45, 2.75) is 24.7 Å². The number of hydrogen-bond donors (Lipinski definition) is 1. The molecule has 2 aliphatic rings. The van der Waals surface area contributed by atoms with Crippen LogP contribution in [0.15, 0.2) is 24.3 Å². The van der Waals surface area contributed by atoms with Gasteiger partial charge >= 0.3 is 0 Å². The van der Waals surface area contributed by atoms with Crippen molar-refractivity contribution in [2.75, 3.05) is 13.1 Å². The van der Waals surface area contributed by atoms with E-state index in [1.54, 1.807) is 11.1 Å². The van der Waals surface area contributed by atoms with Crippen LogP contribution in [0, 0.1) is 0 Å². The van der Waals surface area contributed by atoms with Gasteiger partial charge in [0.2, 0.25) is 0 Å². The third kappa shape index (κ3) is 1.11. The second-order valence-corrected chi connectivity index (χ2v) is 4.25. The zero-order valence-corrected chi connectivity index (χ0v) is 7.79. The minimum absolute atomic E-state index is 0.795. The van der Waals surface area contributed by atoms with Crippen LogP contribution in [0.2, 0.25) is 0 Å². The summed E-state index contributed by atoms with van der Waals surface area (Å²) in [4.78, 5) is 0. The average Bonchev–Trinajstić information content (AvgIpc) is 2.35. The molecule has 0 radical (unpaired) electrons. The van der Waals surface area contributed by atoms with E-state index in [2.05, 4.69) is 29.6 Å². The summed E-state index contributed by atoms with van der Waals surface area (Å²) in [5, 5.41) is 3.52. The van der Waals surface area contributed by atoms with Crippen molar-refractivity contribution in [3.05, 3.63) is 35.4 Å². The monoisotopic (exact) mass is 173 g/mol. The molecule has 1 aromatic rings. The Kier molecular flexibility index (Phi) is 1.66. The smallest absolute Gasteiger partial charge is 0.00204 e. The second-order valence-electron chi connectivity index (χ2n) is 4.25. The van der Waals surface area contributed by atoms with Gasteiger partial charge in [0.25, 0.3) is 0 Å². The van der Waals surface area contributed by atoms with E-state index in [1.165, 1.54) is 25.9 Å².